The van der Waals surface area contributed by atoms with Gasteiger partial charge in [-0.25, -0.2) is 0 Å². The van der Waals surface area contributed by atoms with Gasteiger partial charge in [0.1, 0.15) is 196 Å². The van der Waals surface area contributed by atoms with Crippen molar-refractivity contribution in [1.29, 1.82) is 0 Å². The van der Waals surface area contributed by atoms with E-state index in [1.54, 1.807) is 0 Å². The molecule has 0 amide bonds. The highest BCUT2D eigenvalue weighted by Crippen LogP contribution is 2.41. The molecule has 0 aliphatic heterocycles. The van der Waals surface area contributed by atoms with Crippen LogP contribution in [0.15, 0.2) is 6.07 Å². The number of hydrogen-bond donors (Lipinski definition) is 0. The van der Waals surface area contributed by atoms with Gasteiger partial charge in [0.25, 0.3) is 0 Å². The first-order chi connectivity index (χ1) is 31.7. The average molecular weight is 858 g/mol. The normalized spacial score (nSPS) is 11.8. The fourth-order valence-electron chi connectivity index (χ4n) is 13.4. The van der Waals surface area contributed by atoms with Crippen molar-refractivity contribution in [3.05, 3.63) is 6.07 Å². The van der Waals surface area contributed by atoms with Crippen LogP contribution in [0.5, 0.6) is 0 Å². The van der Waals surface area contributed by atoms with Crippen LogP contribution in [0.3, 0.4) is 0 Å². The van der Waals surface area contributed by atoms with Gasteiger partial charge in [-0.05, 0) is 76.5 Å². The Morgan fingerprint density at radius 1 is 0.191 bits per heavy atom. The van der Waals surface area contributed by atoms with E-state index in [9.17, 15) is 0 Å². The monoisotopic (exact) mass is 863 g/mol. The number of benzene rings is 8. The third kappa shape index (κ3) is 6.35. The Morgan fingerprint density at radius 3 is 0.941 bits per heavy atom. The second-order valence-corrected chi connectivity index (χ2v) is 22.9. The molecule has 1 aromatic heterocycles. The highest BCUT2D eigenvalue weighted by molar-refractivity contribution is 7.28. The molecule has 0 saturated heterocycles. The summed E-state index contributed by atoms with van der Waals surface area (Å²) >= 11 is 2.01. The zero-order chi connectivity index (χ0) is 50.1. The highest BCUT2D eigenvalue weighted by atomic mass is 32.1. The van der Waals surface area contributed by atoms with Crippen LogP contribution in [-0.4, -0.2) is 196 Å². The molecule has 0 bridgehead atoms. The van der Waals surface area contributed by atoms with Crippen LogP contribution in [-0.2, 0) is 0 Å². The van der Waals surface area contributed by atoms with Crippen LogP contribution in [0.25, 0.3) is 85.9 Å². The summed E-state index contributed by atoms with van der Waals surface area (Å²) in [6.45, 7) is 0. The Bertz CT molecular complexity index is 3870. The van der Waals surface area contributed by atoms with E-state index in [1.165, 1.54) is 222 Å². The Morgan fingerprint density at radius 2 is 0.471 bits per heavy atom. The molecule has 68 heavy (non-hydrogen) atoms. The van der Waals surface area contributed by atoms with Gasteiger partial charge in [-0.2, -0.15) is 0 Å². The summed E-state index contributed by atoms with van der Waals surface area (Å²) in [7, 11) is 59.6. The minimum Gasteiger partial charge on any atom is -0.136 e. The molecule has 0 spiro atoms. The van der Waals surface area contributed by atoms with Crippen molar-refractivity contribution in [3.8, 4) is 33.4 Å². The molecule has 0 aliphatic rings. The standard InChI is InChI=1S/C42H51B25S/c43-3-1-2-4(11-24(51)26(53)14(27(54)25(11)52)13-18(45)15-16-31(58)37(64)38(65)40(67)42(16)68-41(15)39(66)30(13)57)7-8(22(49)34(61)33(60)20(7)47)6(5(2)19(46)17(3)44)9-10-12(28(55)32(59)21(9)48)29(56)36(63)35(62)23(10)50/h1H,43-67H2. The fourth-order valence-corrected chi connectivity index (χ4v) is 14.9. The summed E-state index contributed by atoms with van der Waals surface area (Å²) in [5.74, 6) is 0. The van der Waals surface area contributed by atoms with Crippen molar-refractivity contribution >= 4 is 397 Å². The zero-order valence-corrected chi connectivity index (χ0v) is 47.3. The molecule has 9 aromatic rings. The van der Waals surface area contributed by atoms with Crippen molar-refractivity contribution < 1.29 is 0 Å². The summed E-state index contributed by atoms with van der Waals surface area (Å²) < 4.78 is 2.91. The van der Waals surface area contributed by atoms with Gasteiger partial charge in [0.05, 0.1) is 0 Å². The molecule has 8 aromatic carbocycles. The van der Waals surface area contributed by atoms with Crippen LogP contribution in [0.2, 0.25) is 0 Å². The number of hydrogen-bond acceptors (Lipinski definition) is 1. The lowest BCUT2D eigenvalue weighted by Crippen LogP contribution is -2.52. The quantitative estimate of drug-likeness (QED) is 0.123. The van der Waals surface area contributed by atoms with E-state index in [1.807, 2.05) is 11.3 Å². The van der Waals surface area contributed by atoms with Crippen LogP contribution in [0, 0.1) is 0 Å². The maximum Gasteiger partial charge on any atom is 0.140 e. The summed E-state index contributed by atoms with van der Waals surface area (Å²) in [5.41, 5.74) is 43.7. The van der Waals surface area contributed by atoms with Gasteiger partial charge < -0.3 is 0 Å². The summed E-state index contributed by atoms with van der Waals surface area (Å²) in [6.07, 6.45) is 0. The minimum atomic E-state index is 1.36. The Balaban J connectivity index is 1.52. The zero-order valence-electron chi connectivity index (χ0n) is 46.5. The van der Waals surface area contributed by atoms with E-state index >= 15 is 0 Å². The summed E-state index contributed by atoms with van der Waals surface area (Å²) in [6, 6.07) is 2.57. The maximum atomic E-state index is 2.57. The summed E-state index contributed by atoms with van der Waals surface area (Å²) in [5, 5.41) is 11.4. The van der Waals surface area contributed by atoms with Gasteiger partial charge in [-0.1, -0.05) is 98.9 Å². The molecule has 1 heterocycles. The smallest absolute Gasteiger partial charge is 0.136 e. The molecule has 0 saturated carbocycles. The van der Waals surface area contributed by atoms with Crippen molar-refractivity contribution in [3.63, 3.8) is 0 Å². The van der Waals surface area contributed by atoms with E-state index in [2.05, 4.69) is 202 Å². The van der Waals surface area contributed by atoms with Crippen LogP contribution in [0.4, 0.5) is 0 Å². The molecule has 0 fully saturated rings. The maximum absolute atomic E-state index is 2.57. The lowest BCUT2D eigenvalue weighted by Gasteiger charge is -2.32. The molecule has 26 heteroatoms. The number of fused-ring (bicyclic) bond motifs is 6. The lowest BCUT2D eigenvalue weighted by molar-refractivity contribution is 1.82. The molecule has 0 N–H and O–H groups in total. The third-order valence-electron chi connectivity index (χ3n) is 19.4. The molecule has 0 aliphatic carbocycles. The molecule has 0 unspecified atom stereocenters. The third-order valence-corrected chi connectivity index (χ3v) is 20.8. The predicted octanol–water partition coefficient (Wildman–Crippen LogP) is -31.0. The van der Waals surface area contributed by atoms with E-state index < -0.39 is 0 Å². The van der Waals surface area contributed by atoms with Gasteiger partial charge in [-0.3, -0.25) is 0 Å². The van der Waals surface area contributed by atoms with E-state index in [4.69, 9.17) is 0 Å². The second kappa shape index (κ2) is 16.7. The Hall–Kier alpha value is -3.62. The van der Waals surface area contributed by atoms with E-state index in [0.29, 0.717) is 0 Å². The molecule has 0 atom stereocenters. The molecule has 0 nitrogen and oxygen atoms in total. The first-order valence-electron chi connectivity index (χ1n) is 25.2. The van der Waals surface area contributed by atoms with Gasteiger partial charge in [0, 0.05) is 9.40 Å². The van der Waals surface area contributed by atoms with Crippen molar-refractivity contribution in [1.82, 2.24) is 0 Å². The highest BCUT2D eigenvalue weighted by Gasteiger charge is 2.30. The fraction of sp³-hybridized carbons (Fsp3) is 0. The largest absolute Gasteiger partial charge is 0.140 e. The molecular weight excluding hydrogens is 807 g/mol. The Kier molecular flexibility index (Phi) is 12.2. The SMILES string of the molecule is Bc1cc2c(-c3c(B)c(B)c(-c4c(B)c(B)c5sc6c(B)c(B)c(B)c(B)c6c5c4B)c(B)c3B)c3c(B)c(B)c(B)c(B)c3c(-c3c(B)c(B)c(B)c4c(B)c(B)c(B)c(B)c34)c2c(B)c1B. The van der Waals surface area contributed by atoms with Crippen molar-refractivity contribution in [2.75, 3.05) is 0 Å². The van der Waals surface area contributed by atoms with Crippen LogP contribution < -0.4 is 137 Å². The van der Waals surface area contributed by atoms with Crippen molar-refractivity contribution in [2.45, 2.75) is 0 Å². The van der Waals surface area contributed by atoms with Crippen molar-refractivity contribution in [2.24, 2.45) is 0 Å². The predicted molar refractivity (Wildman–Crippen MR) is 393 cm³/mol. The Labute approximate surface area is 432 Å². The van der Waals surface area contributed by atoms with E-state index in [0.717, 1.165) is 0 Å². The topological polar surface area (TPSA) is 0 Å². The molecule has 9 rings (SSSR count). The van der Waals surface area contributed by atoms with Gasteiger partial charge >= 0.3 is 0 Å². The van der Waals surface area contributed by atoms with Crippen LogP contribution >= 0.6 is 11.3 Å². The van der Waals surface area contributed by atoms with Gasteiger partial charge in [-0.15, -0.1) is 55.0 Å². The minimum absolute atomic E-state index is 1.36. The molecular formula is C42H51B25S. The lowest BCUT2D eigenvalue weighted by atomic mass is 9.56. The first kappa shape index (κ1) is 49.4. The second-order valence-electron chi connectivity index (χ2n) is 21.9. The van der Waals surface area contributed by atoms with E-state index in [-0.39, 0.29) is 0 Å². The number of thiophene rings is 1. The van der Waals surface area contributed by atoms with Crippen LogP contribution in [0.1, 0.15) is 0 Å². The van der Waals surface area contributed by atoms with Gasteiger partial charge in [0.2, 0.25) is 0 Å². The first-order valence-corrected chi connectivity index (χ1v) is 26.1. The molecule has 0 radical (unpaired) electrons. The average Bonchev–Trinajstić information content (AvgIpc) is 3.72. The van der Waals surface area contributed by atoms with Gasteiger partial charge in [0.15, 0.2) is 0 Å². The summed E-state index contributed by atoms with van der Waals surface area (Å²) in [4.78, 5) is 0. The number of rotatable bonds is 3. The molecule has 300 valence electrons.